The number of nitrogens with one attached hydrogen (secondary N) is 2. The number of para-hydroxylation sites is 1. The zero-order valence-electron chi connectivity index (χ0n) is 22.1. The van der Waals surface area contributed by atoms with E-state index in [0.29, 0.717) is 29.3 Å². The van der Waals surface area contributed by atoms with Crippen molar-refractivity contribution < 1.29 is 19.6 Å². The molecule has 1 heterocycles. The molecular weight excluding hydrogens is 468 g/mol. The number of carbonyl (C=O) groups excluding carboxylic acids is 3. The molecule has 0 bridgehead atoms. The molecule has 3 rings (SSSR count). The van der Waals surface area contributed by atoms with E-state index in [2.05, 4.69) is 15.6 Å². The lowest BCUT2D eigenvalue weighted by Crippen LogP contribution is -2.28. The molecule has 3 aromatic rings. The third-order valence-corrected chi connectivity index (χ3v) is 6.40. The van der Waals surface area contributed by atoms with Gasteiger partial charge in [-0.25, -0.2) is 5.06 Å². The molecule has 0 fully saturated rings. The molecule has 2 aromatic carbocycles. The van der Waals surface area contributed by atoms with Gasteiger partial charge in [0.05, 0.1) is 17.1 Å². The lowest BCUT2D eigenvalue weighted by atomic mass is 9.79. The van der Waals surface area contributed by atoms with Gasteiger partial charge in [-0.05, 0) is 54.5 Å². The predicted molar refractivity (Wildman–Crippen MR) is 145 cm³/mol. The molecule has 0 radical (unpaired) electrons. The molecule has 8 nitrogen and oxygen atoms in total. The summed E-state index contributed by atoms with van der Waals surface area (Å²) in [5.74, 6) is -0.975. The van der Waals surface area contributed by atoms with E-state index in [1.807, 2.05) is 70.2 Å². The monoisotopic (exact) mass is 504 g/mol. The highest BCUT2D eigenvalue weighted by Gasteiger charge is 2.26. The number of hydrogen-bond donors (Lipinski definition) is 3. The van der Waals surface area contributed by atoms with Crippen molar-refractivity contribution in [2.24, 2.45) is 11.3 Å². The number of pyridine rings is 1. The van der Waals surface area contributed by atoms with Crippen LogP contribution in [0.15, 0.2) is 60.8 Å². The van der Waals surface area contributed by atoms with E-state index in [9.17, 15) is 19.6 Å². The Hall–Kier alpha value is -3.78. The molecule has 2 unspecified atom stereocenters. The second-order valence-electron chi connectivity index (χ2n) is 10.5. The third kappa shape index (κ3) is 7.85. The number of rotatable bonds is 10. The van der Waals surface area contributed by atoms with Crippen molar-refractivity contribution in [3.8, 4) is 0 Å². The van der Waals surface area contributed by atoms with Crippen LogP contribution < -0.4 is 10.6 Å². The van der Waals surface area contributed by atoms with Crippen LogP contribution in [-0.4, -0.2) is 40.0 Å². The van der Waals surface area contributed by atoms with Gasteiger partial charge in [-0.15, -0.1) is 0 Å². The minimum absolute atomic E-state index is 0.0291. The van der Waals surface area contributed by atoms with Crippen molar-refractivity contribution in [2.45, 2.75) is 52.9 Å². The first-order chi connectivity index (χ1) is 17.4. The Morgan fingerprint density at radius 3 is 2.35 bits per heavy atom. The summed E-state index contributed by atoms with van der Waals surface area (Å²) >= 11 is 0. The number of hydrogen-bond acceptors (Lipinski definition) is 5. The maximum Gasteiger partial charge on any atom is 0.245 e. The van der Waals surface area contributed by atoms with Crippen LogP contribution in [0.4, 0.5) is 11.4 Å². The van der Waals surface area contributed by atoms with Gasteiger partial charge in [-0.2, -0.15) is 0 Å². The van der Waals surface area contributed by atoms with Gasteiger partial charge in [-0.3, -0.25) is 24.6 Å². The Labute approximate surface area is 218 Å². The Bertz CT molecular complexity index is 1250. The number of aromatic nitrogens is 1. The second-order valence-corrected chi connectivity index (χ2v) is 10.5. The molecule has 1 aromatic heterocycles. The standard InChI is InChI=1S/C29H36N4O4/c1-19(16-26(35)33(5)37)17-29(3,4)18-25(34)31-23-13-11-21(12-14-23)20(2)28(36)32-24-10-6-8-22-9-7-15-30-27(22)24/h6-15,19-20,37H,16-18H2,1-5H3,(H,31,34)(H,32,36). The van der Waals surface area contributed by atoms with Crippen LogP contribution in [0, 0.1) is 11.3 Å². The normalized spacial score (nSPS) is 13.0. The molecule has 0 saturated carbocycles. The smallest absolute Gasteiger partial charge is 0.245 e. The zero-order chi connectivity index (χ0) is 27.2. The van der Waals surface area contributed by atoms with Gasteiger partial charge in [0.15, 0.2) is 0 Å². The largest absolute Gasteiger partial charge is 0.326 e. The molecule has 37 heavy (non-hydrogen) atoms. The number of benzene rings is 2. The molecule has 0 aliphatic carbocycles. The van der Waals surface area contributed by atoms with Crippen LogP contribution >= 0.6 is 0 Å². The fraction of sp³-hybridized carbons (Fsp3) is 0.379. The van der Waals surface area contributed by atoms with Gasteiger partial charge in [0, 0.05) is 37.2 Å². The van der Waals surface area contributed by atoms with Crippen LogP contribution in [0.3, 0.4) is 0 Å². The highest BCUT2D eigenvalue weighted by molar-refractivity contribution is 6.02. The molecule has 0 spiro atoms. The molecule has 0 aliphatic rings. The Morgan fingerprint density at radius 1 is 1.00 bits per heavy atom. The molecular formula is C29H36N4O4. The van der Waals surface area contributed by atoms with Crippen LogP contribution in [-0.2, 0) is 14.4 Å². The molecule has 0 aliphatic heterocycles. The summed E-state index contributed by atoms with van der Waals surface area (Å²) in [6.45, 7) is 7.76. The van der Waals surface area contributed by atoms with E-state index in [-0.39, 0.29) is 35.5 Å². The summed E-state index contributed by atoms with van der Waals surface area (Å²) in [5.41, 5.74) is 2.58. The van der Waals surface area contributed by atoms with E-state index in [1.165, 1.54) is 7.05 Å². The highest BCUT2D eigenvalue weighted by atomic mass is 16.5. The van der Waals surface area contributed by atoms with E-state index >= 15 is 0 Å². The first kappa shape index (κ1) is 27.8. The lowest BCUT2D eigenvalue weighted by molar-refractivity contribution is -0.160. The number of carbonyl (C=O) groups is 3. The van der Waals surface area contributed by atoms with Crippen LogP contribution in [0.25, 0.3) is 10.9 Å². The van der Waals surface area contributed by atoms with Gasteiger partial charge >= 0.3 is 0 Å². The maximum atomic E-state index is 12.9. The highest BCUT2D eigenvalue weighted by Crippen LogP contribution is 2.31. The van der Waals surface area contributed by atoms with Crippen molar-refractivity contribution >= 4 is 40.0 Å². The molecule has 196 valence electrons. The average Bonchev–Trinajstić information content (AvgIpc) is 2.83. The molecule has 0 saturated heterocycles. The van der Waals surface area contributed by atoms with Gasteiger partial charge in [0.1, 0.15) is 0 Å². The summed E-state index contributed by atoms with van der Waals surface area (Å²) in [6.07, 6.45) is 2.88. The fourth-order valence-electron chi connectivity index (χ4n) is 4.61. The van der Waals surface area contributed by atoms with Crippen molar-refractivity contribution in [2.75, 3.05) is 17.7 Å². The number of hydroxylamine groups is 2. The summed E-state index contributed by atoms with van der Waals surface area (Å²) in [6, 6.07) is 16.8. The van der Waals surface area contributed by atoms with Crippen molar-refractivity contribution in [3.05, 3.63) is 66.4 Å². The van der Waals surface area contributed by atoms with E-state index in [0.717, 1.165) is 16.5 Å². The Balaban J connectivity index is 1.55. The Morgan fingerprint density at radius 2 is 1.68 bits per heavy atom. The van der Waals surface area contributed by atoms with Crippen LogP contribution in [0.1, 0.15) is 58.4 Å². The van der Waals surface area contributed by atoms with Crippen LogP contribution in [0.2, 0.25) is 0 Å². The van der Waals surface area contributed by atoms with Crippen molar-refractivity contribution in [1.29, 1.82) is 0 Å². The van der Waals surface area contributed by atoms with Gasteiger partial charge < -0.3 is 10.6 Å². The number of nitrogens with zero attached hydrogens (tertiary/aromatic N) is 2. The summed E-state index contributed by atoms with van der Waals surface area (Å²) in [7, 11) is 1.31. The van der Waals surface area contributed by atoms with Gasteiger partial charge in [0.2, 0.25) is 17.7 Å². The van der Waals surface area contributed by atoms with Gasteiger partial charge in [-0.1, -0.05) is 51.1 Å². The molecule has 3 amide bonds. The van der Waals surface area contributed by atoms with E-state index in [1.54, 1.807) is 18.3 Å². The summed E-state index contributed by atoms with van der Waals surface area (Å²) < 4.78 is 0. The van der Waals surface area contributed by atoms with E-state index < -0.39 is 5.92 Å². The first-order valence-electron chi connectivity index (χ1n) is 12.4. The minimum atomic E-state index is -0.398. The summed E-state index contributed by atoms with van der Waals surface area (Å²) in [5, 5.41) is 16.7. The lowest BCUT2D eigenvalue weighted by Gasteiger charge is -2.27. The predicted octanol–water partition coefficient (Wildman–Crippen LogP) is 5.60. The average molecular weight is 505 g/mol. The Kier molecular flexibility index (Phi) is 8.99. The fourth-order valence-corrected chi connectivity index (χ4v) is 4.61. The SMILES string of the molecule is CC(CC(=O)N(C)O)CC(C)(C)CC(=O)Nc1ccc(C(C)C(=O)Nc2cccc3cccnc23)cc1. The second kappa shape index (κ2) is 12.0. The topological polar surface area (TPSA) is 112 Å². The third-order valence-electron chi connectivity index (χ3n) is 6.40. The van der Waals surface area contributed by atoms with Crippen molar-refractivity contribution in [1.82, 2.24) is 10.0 Å². The summed E-state index contributed by atoms with van der Waals surface area (Å²) in [4.78, 5) is 41.7. The number of fused-ring (bicyclic) bond motifs is 1. The van der Waals surface area contributed by atoms with Crippen molar-refractivity contribution in [3.63, 3.8) is 0 Å². The first-order valence-corrected chi connectivity index (χ1v) is 12.4. The van der Waals surface area contributed by atoms with E-state index in [4.69, 9.17) is 0 Å². The molecule has 3 N–H and O–H groups in total. The van der Waals surface area contributed by atoms with Crippen LogP contribution in [0.5, 0.6) is 0 Å². The zero-order valence-corrected chi connectivity index (χ0v) is 22.1. The quantitative estimate of drug-likeness (QED) is 0.246. The number of amides is 3. The minimum Gasteiger partial charge on any atom is -0.326 e. The number of anilines is 2. The van der Waals surface area contributed by atoms with Gasteiger partial charge in [0.25, 0.3) is 0 Å². The molecule has 2 atom stereocenters. The molecule has 8 heteroatoms. The maximum absolute atomic E-state index is 12.9.